The van der Waals surface area contributed by atoms with Gasteiger partial charge in [0.05, 0.1) is 24.2 Å². The van der Waals surface area contributed by atoms with Crippen molar-refractivity contribution in [1.29, 1.82) is 0 Å². The van der Waals surface area contributed by atoms with E-state index in [4.69, 9.17) is 4.74 Å². The van der Waals surface area contributed by atoms with Crippen LogP contribution >= 0.6 is 0 Å². The van der Waals surface area contributed by atoms with Crippen LogP contribution in [-0.2, 0) is 30.4 Å². The van der Waals surface area contributed by atoms with Gasteiger partial charge >= 0.3 is 29.6 Å². The van der Waals surface area contributed by atoms with E-state index >= 15 is 0 Å². The molecule has 35 heavy (non-hydrogen) atoms. The molecule has 0 aliphatic heterocycles. The van der Waals surface area contributed by atoms with Crippen molar-refractivity contribution in [3.63, 3.8) is 0 Å². The summed E-state index contributed by atoms with van der Waals surface area (Å²) in [6.07, 6.45) is 0. The van der Waals surface area contributed by atoms with Gasteiger partial charge in [0.2, 0.25) is 0 Å². The van der Waals surface area contributed by atoms with E-state index in [1.807, 2.05) is 0 Å². The molecular formula is C18H16N3NaO10S3. The fourth-order valence-electron chi connectivity index (χ4n) is 2.98. The number of hydrogen-bond acceptors (Lipinski definition) is 11. The van der Waals surface area contributed by atoms with Crippen LogP contribution in [0.1, 0.15) is 0 Å². The average Bonchev–Trinajstić information content (AvgIpc) is 2.73. The van der Waals surface area contributed by atoms with Crippen molar-refractivity contribution in [2.75, 3.05) is 18.3 Å². The minimum atomic E-state index is -4.81. The third-order valence-electron chi connectivity index (χ3n) is 4.36. The van der Waals surface area contributed by atoms with Gasteiger partial charge in [-0.05, 0) is 30.3 Å². The smallest absolute Gasteiger partial charge is 0.747 e. The van der Waals surface area contributed by atoms with Crippen LogP contribution in [0.5, 0.6) is 5.75 Å². The first kappa shape index (κ1) is 29.1. The summed E-state index contributed by atoms with van der Waals surface area (Å²) in [4.78, 5) is -1.25. The molecule has 17 heteroatoms. The maximum Gasteiger partial charge on any atom is 1.00 e. The Morgan fingerprint density at radius 1 is 0.857 bits per heavy atom. The number of benzene rings is 3. The number of anilines is 1. The fourth-order valence-corrected chi connectivity index (χ4v) is 4.73. The summed E-state index contributed by atoms with van der Waals surface area (Å²) >= 11 is 0. The largest absolute Gasteiger partial charge is 1.00 e. The summed E-state index contributed by atoms with van der Waals surface area (Å²) in [7, 11) is -12.8. The SMILES string of the molecule is COc1cc(N=Nc2cc(S(=O)(=O)O)c3cccc(S(=O)(=O)O)c3c2)ccc1NCS(=O)(=O)[O-].[Na+]. The van der Waals surface area contributed by atoms with E-state index in [2.05, 4.69) is 15.5 Å². The van der Waals surface area contributed by atoms with Crippen LogP contribution in [0.3, 0.4) is 0 Å². The van der Waals surface area contributed by atoms with Gasteiger partial charge in [-0.2, -0.15) is 27.1 Å². The molecule has 3 aromatic carbocycles. The van der Waals surface area contributed by atoms with E-state index in [9.17, 15) is 38.9 Å². The van der Waals surface area contributed by atoms with Crippen molar-refractivity contribution in [1.82, 2.24) is 0 Å². The molecule has 0 aromatic heterocycles. The van der Waals surface area contributed by atoms with E-state index in [1.165, 1.54) is 37.4 Å². The van der Waals surface area contributed by atoms with Crippen molar-refractivity contribution < 1.29 is 73.2 Å². The molecule has 0 spiro atoms. The second-order valence-corrected chi connectivity index (χ2v) is 10.9. The van der Waals surface area contributed by atoms with E-state index in [0.717, 1.165) is 18.2 Å². The average molecular weight is 554 g/mol. The molecule has 0 aliphatic carbocycles. The zero-order chi connectivity index (χ0) is 25.3. The molecule has 3 rings (SSSR count). The molecule has 3 aromatic rings. The third-order valence-corrected chi connectivity index (χ3v) is 6.67. The van der Waals surface area contributed by atoms with E-state index in [0.29, 0.717) is 0 Å². The Morgan fingerprint density at radius 2 is 1.49 bits per heavy atom. The van der Waals surface area contributed by atoms with Crippen molar-refractivity contribution in [3.8, 4) is 5.75 Å². The summed E-state index contributed by atoms with van der Waals surface area (Å²) < 4.78 is 104. The molecule has 0 radical (unpaired) electrons. The van der Waals surface area contributed by atoms with Gasteiger partial charge in [-0.25, -0.2) is 8.42 Å². The first-order chi connectivity index (χ1) is 15.7. The van der Waals surface area contributed by atoms with Crippen LogP contribution in [0.4, 0.5) is 17.1 Å². The molecule has 0 unspecified atom stereocenters. The number of fused-ring (bicyclic) bond motifs is 1. The van der Waals surface area contributed by atoms with Gasteiger partial charge in [0.1, 0.15) is 31.5 Å². The third kappa shape index (κ3) is 7.42. The van der Waals surface area contributed by atoms with E-state index < -0.39 is 46.0 Å². The first-order valence-corrected chi connectivity index (χ1v) is 13.4. The van der Waals surface area contributed by atoms with Crippen LogP contribution in [0.15, 0.2) is 68.6 Å². The minimum Gasteiger partial charge on any atom is -0.747 e. The quantitative estimate of drug-likeness (QED) is 0.187. The van der Waals surface area contributed by atoms with Gasteiger partial charge in [0, 0.05) is 16.8 Å². The summed E-state index contributed by atoms with van der Waals surface area (Å²) in [6, 6.07) is 9.67. The molecule has 0 saturated carbocycles. The number of ether oxygens (including phenoxy) is 1. The Labute approximate surface area is 222 Å². The summed E-state index contributed by atoms with van der Waals surface area (Å²) in [5.74, 6) is -0.763. The number of hydrogen-bond donors (Lipinski definition) is 3. The van der Waals surface area contributed by atoms with Crippen molar-refractivity contribution in [3.05, 3.63) is 48.5 Å². The predicted octanol–water partition coefficient (Wildman–Crippen LogP) is -0.324. The van der Waals surface area contributed by atoms with Crippen LogP contribution in [0.25, 0.3) is 10.8 Å². The van der Waals surface area contributed by atoms with Gasteiger partial charge in [0.15, 0.2) is 0 Å². The monoisotopic (exact) mass is 553 g/mol. The molecule has 0 bridgehead atoms. The summed E-state index contributed by atoms with van der Waals surface area (Å²) in [5, 5.41) is 9.79. The molecular weight excluding hydrogens is 537 g/mol. The Kier molecular flexibility index (Phi) is 9.02. The van der Waals surface area contributed by atoms with Crippen LogP contribution in [-0.4, -0.2) is 51.9 Å². The van der Waals surface area contributed by atoms with Crippen LogP contribution < -0.4 is 39.6 Å². The van der Waals surface area contributed by atoms with Crippen molar-refractivity contribution in [2.24, 2.45) is 10.2 Å². The zero-order valence-electron chi connectivity index (χ0n) is 18.1. The number of rotatable bonds is 8. The fraction of sp³-hybridized carbons (Fsp3) is 0.111. The minimum absolute atomic E-state index is 0. The van der Waals surface area contributed by atoms with Gasteiger partial charge in [-0.3, -0.25) is 9.11 Å². The first-order valence-electron chi connectivity index (χ1n) is 8.98. The Morgan fingerprint density at radius 3 is 2.06 bits per heavy atom. The van der Waals surface area contributed by atoms with Crippen LogP contribution in [0.2, 0.25) is 0 Å². The second kappa shape index (κ2) is 10.9. The van der Waals surface area contributed by atoms with Crippen LogP contribution in [0, 0.1) is 0 Å². The summed E-state index contributed by atoms with van der Waals surface area (Å²) in [6.45, 7) is 0. The number of methoxy groups -OCH3 is 1. The molecule has 3 N–H and O–H groups in total. The topological polar surface area (TPSA) is 212 Å². The predicted molar refractivity (Wildman–Crippen MR) is 119 cm³/mol. The second-order valence-electron chi connectivity index (χ2n) is 6.71. The maximum absolute atomic E-state index is 11.9. The zero-order valence-corrected chi connectivity index (χ0v) is 22.6. The number of nitrogens with zero attached hydrogens (tertiary/aromatic N) is 2. The molecule has 0 aliphatic rings. The molecule has 13 nitrogen and oxygen atoms in total. The van der Waals surface area contributed by atoms with E-state index in [1.54, 1.807) is 0 Å². The van der Waals surface area contributed by atoms with Gasteiger partial charge in [-0.15, -0.1) is 0 Å². The number of nitrogens with one attached hydrogen (secondary N) is 1. The molecule has 182 valence electrons. The van der Waals surface area contributed by atoms with Crippen molar-refractivity contribution >= 4 is 58.2 Å². The normalized spacial score (nSPS) is 12.5. The maximum atomic E-state index is 11.9. The van der Waals surface area contributed by atoms with E-state index in [-0.39, 0.29) is 63.1 Å². The van der Waals surface area contributed by atoms with Gasteiger partial charge < -0.3 is 14.6 Å². The Balaban J connectivity index is 0.00000432. The molecule has 0 fully saturated rings. The Bertz CT molecular complexity index is 1620. The molecule has 0 heterocycles. The van der Waals surface area contributed by atoms with Gasteiger partial charge in [-0.1, -0.05) is 12.1 Å². The number of azo groups is 1. The van der Waals surface area contributed by atoms with Crippen molar-refractivity contribution in [2.45, 2.75) is 9.79 Å². The summed E-state index contributed by atoms with van der Waals surface area (Å²) in [5.41, 5.74) is 0.164. The molecule has 0 atom stereocenters. The Hall–Kier alpha value is -2.15. The molecule has 0 amide bonds. The van der Waals surface area contributed by atoms with Gasteiger partial charge in [0.25, 0.3) is 20.2 Å². The standard InChI is InChI=1S/C18H17N3O10S3.Na/c1-31-16-8-11(5-6-15(16)19-10-32(22,23)24)20-21-12-7-14-13(18(9-12)34(28,29)30)3-2-4-17(14)33(25,26)27;/h2-9,19H,10H2,1H3,(H,22,23,24)(H,25,26,27)(H,28,29,30);/q;+1/p-1. The molecule has 0 saturated heterocycles.